The van der Waals surface area contributed by atoms with Gasteiger partial charge in [-0.3, -0.25) is 4.79 Å². The predicted molar refractivity (Wildman–Crippen MR) is 73.3 cm³/mol. The maximum atomic E-state index is 11.3. The molecule has 0 spiro atoms. The Hall–Kier alpha value is -2.83. The van der Waals surface area contributed by atoms with Crippen molar-refractivity contribution in [1.82, 2.24) is 5.32 Å². The van der Waals surface area contributed by atoms with Gasteiger partial charge in [0.05, 0.1) is 5.56 Å². The summed E-state index contributed by atoms with van der Waals surface area (Å²) in [7, 11) is 0. The summed E-state index contributed by atoms with van der Waals surface area (Å²) < 4.78 is 4.65. The van der Waals surface area contributed by atoms with Gasteiger partial charge < -0.3 is 20.3 Å². The van der Waals surface area contributed by atoms with Crippen molar-refractivity contribution in [3.63, 3.8) is 0 Å². The Morgan fingerprint density at radius 2 is 2.14 bits per heavy atom. The van der Waals surface area contributed by atoms with Crippen LogP contribution in [-0.4, -0.2) is 41.2 Å². The minimum atomic E-state index is -1.24. The van der Waals surface area contributed by atoms with Crippen LogP contribution >= 0.6 is 0 Å². The van der Waals surface area contributed by atoms with E-state index >= 15 is 0 Å². The number of carbonyl (C=O) groups is 3. The first kappa shape index (κ1) is 16.2. The largest absolute Gasteiger partial charge is 0.507 e. The Bertz CT molecular complexity index is 554. The number of nitrogens with one attached hydrogen (secondary N) is 1. The van der Waals surface area contributed by atoms with Crippen molar-refractivity contribution in [1.29, 1.82) is 0 Å². The number of hydrogen-bond acceptors (Lipinski definition) is 5. The summed E-state index contributed by atoms with van der Waals surface area (Å²) >= 11 is 0. The number of carbonyl (C=O) groups excluding carboxylic acids is 2. The number of phenolic OH excluding ortho intramolecular Hbond substituents is 1. The molecule has 0 aromatic heterocycles. The molecule has 7 heteroatoms. The van der Waals surface area contributed by atoms with Crippen molar-refractivity contribution in [2.75, 3.05) is 6.61 Å². The van der Waals surface area contributed by atoms with Crippen LogP contribution in [0.15, 0.2) is 30.9 Å². The lowest BCUT2D eigenvalue weighted by molar-refractivity contribution is -0.139. The van der Waals surface area contributed by atoms with E-state index in [2.05, 4.69) is 16.6 Å². The summed E-state index contributed by atoms with van der Waals surface area (Å²) in [5, 5.41) is 20.6. The number of aldehydes is 1. The van der Waals surface area contributed by atoms with E-state index in [4.69, 9.17) is 5.11 Å². The van der Waals surface area contributed by atoms with Gasteiger partial charge in [0.1, 0.15) is 18.4 Å². The number of alkyl carbamates (subject to hydrolysis) is 1. The molecule has 0 saturated carbocycles. The zero-order valence-corrected chi connectivity index (χ0v) is 11.1. The number of hydrogen-bond donors (Lipinski definition) is 3. The van der Waals surface area contributed by atoms with Gasteiger partial charge in [0.2, 0.25) is 0 Å². The van der Waals surface area contributed by atoms with Crippen molar-refractivity contribution in [3.8, 4) is 5.75 Å². The molecule has 21 heavy (non-hydrogen) atoms. The molecule has 1 aromatic rings. The summed E-state index contributed by atoms with van der Waals surface area (Å²) in [5.74, 6) is -1.44. The summed E-state index contributed by atoms with van der Waals surface area (Å²) in [4.78, 5) is 33.2. The number of amides is 1. The van der Waals surface area contributed by atoms with Gasteiger partial charge >= 0.3 is 12.1 Å². The van der Waals surface area contributed by atoms with Crippen LogP contribution in [0.5, 0.6) is 5.75 Å². The second kappa shape index (κ2) is 7.68. The third-order valence-electron chi connectivity index (χ3n) is 2.58. The highest BCUT2D eigenvalue weighted by atomic mass is 16.5. The van der Waals surface area contributed by atoms with Crippen molar-refractivity contribution in [2.45, 2.75) is 12.5 Å². The fourth-order valence-electron chi connectivity index (χ4n) is 1.58. The lowest BCUT2D eigenvalue weighted by Crippen LogP contribution is -2.42. The Kier molecular flexibility index (Phi) is 5.94. The van der Waals surface area contributed by atoms with Crippen LogP contribution in [0.3, 0.4) is 0 Å². The highest BCUT2D eigenvalue weighted by molar-refractivity contribution is 5.81. The van der Waals surface area contributed by atoms with Crippen LogP contribution in [0.1, 0.15) is 15.9 Å². The molecule has 0 aliphatic heterocycles. The number of benzene rings is 1. The van der Waals surface area contributed by atoms with Gasteiger partial charge in [-0.1, -0.05) is 18.7 Å². The smallest absolute Gasteiger partial charge is 0.408 e. The molecule has 7 nitrogen and oxygen atoms in total. The Morgan fingerprint density at radius 1 is 1.43 bits per heavy atom. The summed E-state index contributed by atoms with van der Waals surface area (Å²) in [6.45, 7) is 3.33. The van der Waals surface area contributed by atoms with Crippen LogP contribution < -0.4 is 5.32 Å². The van der Waals surface area contributed by atoms with E-state index in [1.54, 1.807) is 0 Å². The summed E-state index contributed by atoms with van der Waals surface area (Å²) in [6, 6.07) is 2.89. The molecule has 0 unspecified atom stereocenters. The lowest BCUT2D eigenvalue weighted by atomic mass is 10.0. The Morgan fingerprint density at radius 3 is 2.71 bits per heavy atom. The second-order valence-electron chi connectivity index (χ2n) is 4.14. The number of aromatic hydroxyl groups is 1. The number of carboxylic acids is 1. The molecule has 0 aliphatic rings. The van der Waals surface area contributed by atoms with E-state index in [0.29, 0.717) is 11.8 Å². The molecule has 1 rings (SSSR count). The molecular weight excluding hydrogens is 278 g/mol. The summed E-state index contributed by atoms with van der Waals surface area (Å²) in [6.07, 6.45) is 0.878. The number of aliphatic carboxylic acids is 1. The topological polar surface area (TPSA) is 113 Å². The molecule has 0 radical (unpaired) electrons. The first-order chi connectivity index (χ1) is 9.97. The molecule has 0 saturated heterocycles. The van der Waals surface area contributed by atoms with Gasteiger partial charge in [0.25, 0.3) is 0 Å². The molecule has 1 amide bonds. The van der Waals surface area contributed by atoms with Gasteiger partial charge in [-0.15, -0.1) is 0 Å². The van der Waals surface area contributed by atoms with Gasteiger partial charge in [0.15, 0.2) is 6.29 Å². The van der Waals surface area contributed by atoms with Gasteiger partial charge in [-0.05, 0) is 17.7 Å². The number of phenols is 1. The second-order valence-corrected chi connectivity index (χ2v) is 4.14. The lowest BCUT2D eigenvalue weighted by Gasteiger charge is -2.14. The maximum absolute atomic E-state index is 11.3. The van der Waals surface area contributed by atoms with Crippen LogP contribution in [-0.2, 0) is 16.0 Å². The molecule has 112 valence electrons. The van der Waals surface area contributed by atoms with Crippen LogP contribution in [0, 0.1) is 0 Å². The predicted octanol–water partition coefficient (Wildman–Crippen LogP) is 1.11. The van der Waals surface area contributed by atoms with Crippen molar-refractivity contribution < 1.29 is 29.3 Å². The number of rotatable bonds is 7. The molecule has 1 atom stereocenters. The minimum absolute atomic E-state index is 0.0350. The van der Waals surface area contributed by atoms with E-state index < -0.39 is 18.1 Å². The molecular formula is C14H15NO6. The highest BCUT2D eigenvalue weighted by Gasteiger charge is 2.21. The van der Waals surface area contributed by atoms with E-state index in [0.717, 1.165) is 0 Å². The van der Waals surface area contributed by atoms with E-state index in [1.807, 2.05) is 0 Å². The van der Waals surface area contributed by atoms with Gasteiger partial charge in [-0.25, -0.2) is 9.59 Å². The SMILES string of the molecule is C=CCOC(=O)N[C@@H](Cc1ccc(O)c(C=O)c1)C(=O)O. The van der Waals surface area contributed by atoms with E-state index in [1.165, 1.54) is 24.3 Å². The number of carboxylic acid groups (broad SMARTS) is 1. The third-order valence-corrected chi connectivity index (χ3v) is 2.58. The van der Waals surface area contributed by atoms with Crippen molar-refractivity contribution >= 4 is 18.3 Å². The van der Waals surface area contributed by atoms with Crippen LogP contribution in [0.4, 0.5) is 4.79 Å². The average molecular weight is 293 g/mol. The molecule has 0 fully saturated rings. The third kappa shape index (κ3) is 4.98. The Balaban J connectivity index is 2.79. The first-order valence-corrected chi connectivity index (χ1v) is 6.02. The van der Waals surface area contributed by atoms with E-state index in [-0.39, 0.29) is 24.3 Å². The van der Waals surface area contributed by atoms with Crippen LogP contribution in [0.2, 0.25) is 0 Å². The maximum Gasteiger partial charge on any atom is 0.408 e. The van der Waals surface area contributed by atoms with Gasteiger partial charge in [-0.2, -0.15) is 0 Å². The quantitative estimate of drug-likeness (QED) is 0.513. The molecule has 0 heterocycles. The van der Waals surface area contributed by atoms with Crippen molar-refractivity contribution in [2.24, 2.45) is 0 Å². The fraction of sp³-hybridized carbons (Fsp3) is 0.214. The van der Waals surface area contributed by atoms with Crippen LogP contribution in [0.25, 0.3) is 0 Å². The Labute approximate surface area is 120 Å². The fourth-order valence-corrected chi connectivity index (χ4v) is 1.58. The first-order valence-electron chi connectivity index (χ1n) is 6.02. The monoisotopic (exact) mass is 293 g/mol. The van der Waals surface area contributed by atoms with Crippen molar-refractivity contribution in [3.05, 3.63) is 42.0 Å². The van der Waals surface area contributed by atoms with Gasteiger partial charge in [0, 0.05) is 6.42 Å². The standard InChI is InChI=1S/C14H15NO6/c1-2-5-21-14(20)15-11(13(18)19)7-9-3-4-12(17)10(6-9)8-16/h2-4,6,8,11,17H,1,5,7H2,(H,15,20)(H,18,19)/t11-/m0/s1. The molecule has 0 bridgehead atoms. The van der Waals surface area contributed by atoms with E-state index in [9.17, 15) is 19.5 Å². The summed E-state index contributed by atoms with van der Waals surface area (Å²) in [5.41, 5.74) is 0.525. The zero-order chi connectivity index (χ0) is 15.8. The zero-order valence-electron chi connectivity index (χ0n) is 11.1. The number of ether oxygens (including phenoxy) is 1. The minimum Gasteiger partial charge on any atom is -0.507 e. The molecule has 0 aliphatic carbocycles. The highest BCUT2D eigenvalue weighted by Crippen LogP contribution is 2.17. The normalized spacial score (nSPS) is 11.2. The molecule has 1 aromatic carbocycles. The molecule has 3 N–H and O–H groups in total. The average Bonchev–Trinajstić information content (AvgIpc) is 2.46.